The minimum Gasteiger partial charge on any atom is -0.464 e. The van der Waals surface area contributed by atoms with Crippen LogP contribution in [0.2, 0.25) is 0 Å². The van der Waals surface area contributed by atoms with Crippen LogP contribution in [0.3, 0.4) is 0 Å². The number of nitrogens with zero attached hydrogens (tertiary/aromatic N) is 3. The first kappa shape index (κ1) is 15.0. The molecule has 0 saturated heterocycles. The maximum Gasteiger partial charge on any atom is 0.322 e. The first-order valence-electron chi connectivity index (χ1n) is 6.04. The Kier molecular flexibility index (Phi) is 6.14. The van der Waals surface area contributed by atoms with Gasteiger partial charge in [0.15, 0.2) is 5.16 Å². The average molecular weight is 272 g/mol. The molecule has 0 bridgehead atoms. The second kappa shape index (κ2) is 7.38. The lowest BCUT2D eigenvalue weighted by Gasteiger charge is -2.13. The summed E-state index contributed by atoms with van der Waals surface area (Å²) in [6.07, 6.45) is -0.426. The summed E-state index contributed by atoms with van der Waals surface area (Å²) >= 11 is 1.40. The van der Waals surface area contributed by atoms with Gasteiger partial charge in [-0.05, 0) is 20.8 Å². The highest BCUT2D eigenvalue weighted by Gasteiger charge is 2.14. The summed E-state index contributed by atoms with van der Waals surface area (Å²) in [5.41, 5.74) is 0. The number of rotatable bonds is 7. The monoisotopic (exact) mass is 272 g/mol. The molecule has 6 nitrogen and oxygen atoms in total. The molecular formula is C11H20N4O2S. The summed E-state index contributed by atoms with van der Waals surface area (Å²) in [6, 6.07) is 0.309. The van der Waals surface area contributed by atoms with E-state index in [0.29, 0.717) is 23.7 Å². The van der Waals surface area contributed by atoms with Crippen LogP contribution in [0.25, 0.3) is 0 Å². The fraction of sp³-hybridized carbons (Fsp3) is 0.727. The Hall–Kier alpha value is -1.08. The van der Waals surface area contributed by atoms with Gasteiger partial charge in [-0.1, -0.05) is 18.7 Å². The number of hydrogen-bond acceptors (Lipinski definition) is 7. The number of nitrogens with one attached hydrogen (secondary N) is 1. The Morgan fingerprint density at radius 3 is 2.56 bits per heavy atom. The van der Waals surface area contributed by atoms with Crippen LogP contribution in [-0.4, -0.2) is 44.6 Å². The zero-order valence-electron chi connectivity index (χ0n) is 11.2. The number of ether oxygens (including phenoxy) is 1. The lowest BCUT2D eigenvalue weighted by atomic mass is 10.3. The Morgan fingerprint density at radius 2 is 2.00 bits per heavy atom. The standard InChI is InChI=1S/C11H20N4O2S/c1-5-12-9-13-10(17-6-2)15-11(14-9)18-8(4)7(3)16/h7-8,16H,5-6H2,1-4H3,(H,12,13,14,15). The molecule has 0 amide bonds. The highest BCUT2D eigenvalue weighted by Crippen LogP contribution is 2.24. The van der Waals surface area contributed by atoms with E-state index in [9.17, 15) is 5.11 Å². The van der Waals surface area contributed by atoms with Crippen molar-refractivity contribution in [2.75, 3.05) is 18.5 Å². The molecular weight excluding hydrogens is 252 g/mol. The maximum absolute atomic E-state index is 9.49. The molecule has 0 fully saturated rings. The smallest absolute Gasteiger partial charge is 0.322 e. The predicted octanol–water partition coefficient (Wildman–Crippen LogP) is 1.56. The molecule has 0 radical (unpaired) electrons. The van der Waals surface area contributed by atoms with Crippen LogP contribution in [0.15, 0.2) is 5.16 Å². The van der Waals surface area contributed by atoms with Gasteiger partial charge in [-0.2, -0.15) is 15.0 Å². The number of thioether (sulfide) groups is 1. The second-order valence-electron chi connectivity index (χ2n) is 3.75. The van der Waals surface area contributed by atoms with E-state index >= 15 is 0 Å². The summed E-state index contributed by atoms with van der Waals surface area (Å²) in [6.45, 7) is 8.74. The van der Waals surface area contributed by atoms with Gasteiger partial charge in [-0.3, -0.25) is 0 Å². The van der Waals surface area contributed by atoms with E-state index in [1.807, 2.05) is 20.8 Å². The van der Waals surface area contributed by atoms with Gasteiger partial charge in [0.05, 0.1) is 12.7 Å². The first-order chi connectivity index (χ1) is 8.56. The number of anilines is 1. The van der Waals surface area contributed by atoms with E-state index in [1.165, 1.54) is 11.8 Å². The molecule has 0 aliphatic heterocycles. The summed E-state index contributed by atoms with van der Waals surface area (Å²) < 4.78 is 5.30. The summed E-state index contributed by atoms with van der Waals surface area (Å²) in [5.74, 6) is 0.497. The molecule has 0 saturated carbocycles. The maximum atomic E-state index is 9.49. The Balaban J connectivity index is 2.87. The fourth-order valence-electron chi connectivity index (χ4n) is 1.09. The van der Waals surface area contributed by atoms with Crippen molar-refractivity contribution in [1.82, 2.24) is 15.0 Å². The number of hydrogen-bond donors (Lipinski definition) is 2. The van der Waals surface area contributed by atoms with E-state index in [-0.39, 0.29) is 5.25 Å². The van der Waals surface area contributed by atoms with Crippen molar-refractivity contribution < 1.29 is 9.84 Å². The third-order valence-corrected chi connectivity index (χ3v) is 3.33. The van der Waals surface area contributed by atoms with E-state index in [2.05, 4.69) is 20.3 Å². The molecule has 0 aliphatic rings. The Labute approximate surface area is 112 Å². The average Bonchev–Trinajstić information content (AvgIpc) is 2.29. The molecule has 1 heterocycles. The number of aliphatic hydroxyl groups is 1. The molecule has 18 heavy (non-hydrogen) atoms. The number of aromatic nitrogens is 3. The third-order valence-electron chi connectivity index (χ3n) is 2.17. The van der Waals surface area contributed by atoms with Crippen molar-refractivity contribution in [3.8, 4) is 6.01 Å². The van der Waals surface area contributed by atoms with Crippen molar-refractivity contribution >= 4 is 17.7 Å². The molecule has 7 heteroatoms. The van der Waals surface area contributed by atoms with Gasteiger partial charge >= 0.3 is 6.01 Å². The van der Waals surface area contributed by atoms with Crippen LogP contribution < -0.4 is 10.1 Å². The van der Waals surface area contributed by atoms with Crippen LogP contribution >= 0.6 is 11.8 Å². The first-order valence-corrected chi connectivity index (χ1v) is 6.92. The van der Waals surface area contributed by atoms with Crippen molar-refractivity contribution in [2.45, 2.75) is 44.2 Å². The Morgan fingerprint density at radius 1 is 1.28 bits per heavy atom. The molecule has 2 atom stereocenters. The van der Waals surface area contributed by atoms with Gasteiger partial charge in [0.1, 0.15) is 0 Å². The van der Waals surface area contributed by atoms with Crippen LogP contribution in [0.1, 0.15) is 27.7 Å². The minimum absolute atomic E-state index is 0.0105. The van der Waals surface area contributed by atoms with Crippen LogP contribution in [0.4, 0.5) is 5.95 Å². The van der Waals surface area contributed by atoms with Crippen molar-refractivity contribution in [3.63, 3.8) is 0 Å². The van der Waals surface area contributed by atoms with E-state index in [0.717, 1.165) is 6.54 Å². The van der Waals surface area contributed by atoms with Crippen LogP contribution in [0.5, 0.6) is 6.01 Å². The van der Waals surface area contributed by atoms with Crippen molar-refractivity contribution in [1.29, 1.82) is 0 Å². The number of aliphatic hydroxyl groups excluding tert-OH is 1. The normalized spacial score (nSPS) is 14.1. The minimum atomic E-state index is -0.426. The highest BCUT2D eigenvalue weighted by molar-refractivity contribution is 7.99. The van der Waals surface area contributed by atoms with E-state index < -0.39 is 6.10 Å². The molecule has 0 spiro atoms. The summed E-state index contributed by atoms with van der Waals surface area (Å²) in [5, 5.41) is 13.1. The van der Waals surface area contributed by atoms with Gasteiger partial charge in [0.2, 0.25) is 5.95 Å². The molecule has 2 N–H and O–H groups in total. The zero-order valence-corrected chi connectivity index (χ0v) is 12.0. The van der Waals surface area contributed by atoms with Gasteiger partial charge in [-0.25, -0.2) is 0 Å². The van der Waals surface area contributed by atoms with Gasteiger partial charge in [0, 0.05) is 11.8 Å². The molecule has 102 valence electrons. The molecule has 1 aromatic rings. The summed E-state index contributed by atoms with van der Waals surface area (Å²) in [7, 11) is 0. The predicted molar refractivity (Wildman–Crippen MR) is 72.2 cm³/mol. The van der Waals surface area contributed by atoms with Gasteiger partial charge < -0.3 is 15.2 Å². The van der Waals surface area contributed by atoms with E-state index in [4.69, 9.17) is 4.74 Å². The largest absolute Gasteiger partial charge is 0.464 e. The third kappa shape index (κ3) is 4.66. The second-order valence-corrected chi connectivity index (χ2v) is 5.10. The quantitative estimate of drug-likeness (QED) is 0.729. The molecule has 0 aliphatic carbocycles. The molecule has 1 rings (SSSR count). The lowest BCUT2D eigenvalue weighted by molar-refractivity contribution is 0.196. The van der Waals surface area contributed by atoms with E-state index in [1.54, 1.807) is 6.92 Å². The fourth-order valence-corrected chi connectivity index (χ4v) is 1.89. The Bertz CT molecular complexity index is 352. The SMILES string of the molecule is CCNc1nc(OCC)nc(SC(C)C(C)O)n1. The zero-order chi connectivity index (χ0) is 13.5. The molecule has 0 aromatic carbocycles. The van der Waals surface area contributed by atoms with Gasteiger partial charge in [0.25, 0.3) is 0 Å². The topological polar surface area (TPSA) is 80.2 Å². The molecule has 1 aromatic heterocycles. The lowest BCUT2D eigenvalue weighted by Crippen LogP contribution is -2.16. The highest BCUT2D eigenvalue weighted by atomic mass is 32.2. The van der Waals surface area contributed by atoms with Crippen LogP contribution in [-0.2, 0) is 0 Å². The van der Waals surface area contributed by atoms with Crippen LogP contribution in [0, 0.1) is 0 Å². The molecule has 2 unspecified atom stereocenters. The summed E-state index contributed by atoms with van der Waals surface area (Å²) in [4.78, 5) is 12.6. The van der Waals surface area contributed by atoms with Crippen molar-refractivity contribution in [2.24, 2.45) is 0 Å². The van der Waals surface area contributed by atoms with Crippen molar-refractivity contribution in [3.05, 3.63) is 0 Å². The van der Waals surface area contributed by atoms with Gasteiger partial charge in [-0.15, -0.1) is 0 Å².